The van der Waals surface area contributed by atoms with Crippen molar-refractivity contribution in [3.05, 3.63) is 71.1 Å². The maximum atomic E-state index is 13.1. The molecule has 0 saturated carbocycles. The predicted molar refractivity (Wildman–Crippen MR) is 128 cm³/mol. The first kappa shape index (κ1) is 20.9. The summed E-state index contributed by atoms with van der Waals surface area (Å²) in [5, 5.41) is 3.36. The molecule has 0 spiro atoms. The van der Waals surface area contributed by atoms with Gasteiger partial charge in [-0.25, -0.2) is 15.0 Å². The monoisotopic (exact) mass is 473 g/mol. The van der Waals surface area contributed by atoms with Gasteiger partial charge in [-0.1, -0.05) is 0 Å². The van der Waals surface area contributed by atoms with Crippen molar-refractivity contribution < 1.29 is 9.59 Å². The van der Waals surface area contributed by atoms with Crippen molar-refractivity contribution in [1.29, 1.82) is 0 Å². The van der Waals surface area contributed by atoms with Crippen LogP contribution in [0.1, 0.15) is 20.2 Å². The van der Waals surface area contributed by atoms with E-state index >= 15 is 0 Å². The molecule has 0 bridgehead atoms. The van der Waals surface area contributed by atoms with Crippen molar-refractivity contribution in [2.75, 3.05) is 39.3 Å². The van der Waals surface area contributed by atoms with Crippen LogP contribution in [0.2, 0.25) is 0 Å². The molecule has 5 heterocycles. The lowest BCUT2D eigenvalue weighted by Crippen LogP contribution is -2.64. The number of piperazine rings is 1. The largest absolute Gasteiger partial charge is 0.335 e. The average Bonchev–Trinajstić information content (AvgIpc) is 3.54. The van der Waals surface area contributed by atoms with E-state index < -0.39 is 0 Å². The molecule has 4 aromatic rings. The SMILES string of the molecule is O=C(c1ccc2c(ccn2-c2ncccn2)c1)N1CC(N2CCN(C(=O)c3nccs3)CC2)C1. The van der Waals surface area contributed by atoms with E-state index in [1.54, 1.807) is 24.7 Å². The van der Waals surface area contributed by atoms with Crippen LogP contribution in [0.4, 0.5) is 0 Å². The number of rotatable bonds is 4. The molecule has 10 heteroatoms. The van der Waals surface area contributed by atoms with Crippen molar-refractivity contribution in [2.45, 2.75) is 6.04 Å². The number of fused-ring (bicyclic) bond motifs is 1. The van der Waals surface area contributed by atoms with Crippen LogP contribution >= 0.6 is 11.3 Å². The van der Waals surface area contributed by atoms with Gasteiger partial charge in [0.15, 0.2) is 5.01 Å². The molecule has 0 unspecified atom stereocenters. The Kier molecular flexibility index (Phi) is 5.31. The fourth-order valence-corrected chi connectivity index (χ4v) is 5.26. The van der Waals surface area contributed by atoms with Gasteiger partial charge in [0.1, 0.15) is 0 Å². The highest BCUT2D eigenvalue weighted by Crippen LogP contribution is 2.24. The molecule has 0 radical (unpaired) electrons. The Bertz CT molecular complexity index is 1320. The molecule has 0 N–H and O–H groups in total. The fraction of sp³-hybridized carbons (Fsp3) is 0.292. The van der Waals surface area contributed by atoms with E-state index in [1.807, 2.05) is 50.2 Å². The molecule has 6 rings (SSSR count). The number of benzene rings is 1. The predicted octanol–water partition coefficient (Wildman–Crippen LogP) is 2.16. The van der Waals surface area contributed by atoms with Crippen molar-refractivity contribution in [2.24, 2.45) is 0 Å². The van der Waals surface area contributed by atoms with Gasteiger partial charge in [-0.05, 0) is 30.3 Å². The molecule has 2 amide bonds. The van der Waals surface area contributed by atoms with Gasteiger partial charge >= 0.3 is 0 Å². The fourth-order valence-electron chi connectivity index (χ4n) is 4.65. The Morgan fingerprint density at radius 1 is 0.882 bits per heavy atom. The van der Waals surface area contributed by atoms with Crippen molar-refractivity contribution >= 4 is 34.1 Å². The van der Waals surface area contributed by atoms with Gasteiger partial charge in [-0.15, -0.1) is 11.3 Å². The summed E-state index contributed by atoms with van der Waals surface area (Å²) in [6.07, 6.45) is 7.02. The van der Waals surface area contributed by atoms with E-state index in [4.69, 9.17) is 0 Å². The molecule has 2 saturated heterocycles. The van der Waals surface area contributed by atoms with Gasteiger partial charge in [0, 0.05) is 86.4 Å². The van der Waals surface area contributed by atoms with E-state index in [1.165, 1.54) is 11.3 Å². The maximum Gasteiger partial charge on any atom is 0.282 e. The van der Waals surface area contributed by atoms with Gasteiger partial charge in [-0.2, -0.15) is 0 Å². The zero-order valence-electron chi connectivity index (χ0n) is 18.4. The van der Waals surface area contributed by atoms with Crippen LogP contribution in [-0.2, 0) is 0 Å². The highest BCUT2D eigenvalue weighted by atomic mass is 32.1. The number of aromatic nitrogens is 4. The Labute approximate surface area is 200 Å². The van der Waals surface area contributed by atoms with E-state index in [9.17, 15) is 9.59 Å². The van der Waals surface area contributed by atoms with Crippen LogP contribution in [-0.4, -0.2) is 91.3 Å². The normalized spacial score (nSPS) is 17.2. The highest BCUT2D eigenvalue weighted by molar-refractivity contribution is 7.11. The third kappa shape index (κ3) is 3.74. The Morgan fingerprint density at radius 3 is 2.41 bits per heavy atom. The zero-order valence-corrected chi connectivity index (χ0v) is 19.3. The minimum atomic E-state index is 0.0168. The summed E-state index contributed by atoms with van der Waals surface area (Å²) >= 11 is 1.38. The second-order valence-corrected chi connectivity index (χ2v) is 9.43. The topological polar surface area (TPSA) is 87.5 Å². The maximum absolute atomic E-state index is 13.1. The molecule has 3 aromatic heterocycles. The first-order valence-electron chi connectivity index (χ1n) is 11.3. The van der Waals surface area contributed by atoms with Crippen molar-refractivity contribution in [1.82, 2.24) is 34.2 Å². The number of nitrogens with zero attached hydrogens (tertiary/aromatic N) is 7. The zero-order chi connectivity index (χ0) is 23.1. The van der Waals surface area contributed by atoms with Gasteiger partial charge in [0.25, 0.3) is 11.8 Å². The number of carbonyl (C=O) groups excluding carboxylic acids is 2. The third-order valence-electron chi connectivity index (χ3n) is 6.59. The van der Waals surface area contributed by atoms with E-state index in [-0.39, 0.29) is 11.8 Å². The number of amides is 2. The Morgan fingerprint density at radius 2 is 1.68 bits per heavy atom. The summed E-state index contributed by atoms with van der Waals surface area (Å²) in [5.41, 5.74) is 1.66. The Hall–Kier alpha value is -3.63. The van der Waals surface area contributed by atoms with Crippen LogP contribution in [0.3, 0.4) is 0 Å². The summed E-state index contributed by atoms with van der Waals surface area (Å²) in [7, 11) is 0. The molecule has 0 atom stereocenters. The van der Waals surface area contributed by atoms with E-state index in [0.717, 1.165) is 37.1 Å². The standard InChI is InChI=1S/C24H23N7O2S/c32-22(18-2-3-20-17(14-18)4-8-31(20)24-26-5-1-6-27-24)30-15-19(16-30)28-9-11-29(12-10-28)23(33)21-25-7-13-34-21/h1-8,13-14,19H,9-12,15-16H2. The van der Waals surface area contributed by atoms with Crippen LogP contribution in [0.25, 0.3) is 16.9 Å². The minimum Gasteiger partial charge on any atom is -0.335 e. The number of thiazole rings is 1. The molecular formula is C24H23N7O2S. The second-order valence-electron chi connectivity index (χ2n) is 8.54. The molecule has 2 fully saturated rings. The summed E-state index contributed by atoms with van der Waals surface area (Å²) in [4.78, 5) is 44.5. The molecule has 9 nitrogen and oxygen atoms in total. The van der Waals surface area contributed by atoms with Crippen LogP contribution in [0, 0.1) is 0 Å². The molecule has 0 aliphatic carbocycles. The molecule has 1 aromatic carbocycles. The summed E-state index contributed by atoms with van der Waals surface area (Å²) in [5.74, 6) is 0.679. The molecule has 2 aliphatic heterocycles. The number of likely N-dealkylation sites (tertiary alicyclic amines) is 1. The van der Waals surface area contributed by atoms with Crippen molar-refractivity contribution in [3.63, 3.8) is 0 Å². The number of carbonyl (C=O) groups is 2. The molecular weight excluding hydrogens is 450 g/mol. The number of hydrogen-bond acceptors (Lipinski definition) is 7. The second kappa shape index (κ2) is 8.62. The molecule has 34 heavy (non-hydrogen) atoms. The number of hydrogen-bond donors (Lipinski definition) is 0. The highest BCUT2D eigenvalue weighted by Gasteiger charge is 2.37. The van der Waals surface area contributed by atoms with Crippen molar-refractivity contribution in [3.8, 4) is 5.95 Å². The van der Waals surface area contributed by atoms with Gasteiger partial charge in [0.2, 0.25) is 5.95 Å². The smallest absolute Gasteiger partial charge is 0.282 e. The lowest BCUT2D eigenvalue weighted by Gasteiger charge is -2.48. The lowest BCUT2D eigenvalue weighted by molar-refractivity contribution is 0.00854. The van der Waals surface area contributed by atoms with Gasteiger partial charge < -0.3 is 9.80 Å². The molecule has 172 valence electrons. The summed E-state index contributed by atoms with van der Waals surface area (Å²) in [6.45, 7) is 4.48. The van der Waals surface area contributed by atoms with E-state index in [0.29, 0.717) is 35.7 Å². The average molecular weight is 474 g/mol. The van der Waals surface area contributed by atoms with Crippen LogP contribution in [0.5, 0.6) is 0 Å². The van der Waals surface area contributed by atoms with Crippen LogP contribution < -0.4 is 0 Å². The Balaban J connectivity index is 1.06. The minimum absolute atomic E-state index is 0.0168. The quantitative estimate of drug-likeness (QED) is 0.452. The van der Waals surface area contributed by atoms with Gasteiger partial charge in [0.05, 0.1) is 5.52 Å². The first-order valence-corrected chi connectivity index (χ1v) is 12.2. The van der Waals surface area contributed by atoms with Crippen LogP contribution in [0.15, 0.2) is 60.5 Å². The summed E-state index contributed by atoms with van der Waals surface area (Å²) in [6, 6.07) is 9.88. The molecule has 2 aliphatic rings. The summed E-state index contributed by atoms with van der Waals surface area (Å²) < 4.78 is 1.92. The van der Waals surface area contributed by atoms with Gasteiger partial charge in [-0.3, -0.25) is 19.1 Å². The third-order valence-corrected chi connectivity index (χ3v) is 7.35. The first-order chi connectivity index (χ1) is 16.7. The van der Waals surface area contributed by atoms with E-state index in [2.05, 4.69) is 19.9 Å². The lowest BCUT2D eigenvalue weighted by atomic mass is 10.0.